The fraction of sp³-hybridized carbons (Fsp3) is 0.538. The van der Waals surface area contributed by atoms with Crippen molar-refractivity contribution in [2.45, 2.75) is 39.3 Å². The Balaban J connectivity index is 1.56. The standard InChI is InChI=1S/C26H36N6O4/c1-4-13-35-14-12-32-22-15-20(19-6-7-23(34-3)28-16-19)17-29-24(22)30-25(26(32)33)27-9-11-31-10-8-21(18-31)36-5-2/h6-7,15-17,21H,4-5,8-14,18H2,1-3H3,(H,27,29,30)/t21-/m0/s1. The van der Waals surface area contributed by atoms with Crippen molar-refractivity contribution in [2.75, 3.05) is 58.4 Å². The van der Waals surface area contributed by atoms with Crippen molar-refractivity contribution < 1.29 is 14.2 Å². The van der Waals surface area contributed by atoms with Gasteiger partial charge in [0.2, 0.25) is 5.88 Å². The summed E-state index contributed by atoms with van der Waals surface area (Å²) < 4.78 is 18.3. The van der Waals surface area contributed by atoms with Crippen LogP contribution in [0.5, 0.6) is 5.88 Å². The Morgan fingerprint density at radius 3 is 2.72 bits per heavy atom. The predicted octanol–water partition coefficient (Wildman–Crippen LogP) is 2.81. The number of anilines is 1. The van der Waals surface area contributed by atoms with E-state index in [-0.39, 0.29) is 5.56 Å². The van der Waals surface area contributed by atoms with E-state index >= 15 is 0 Å². The molecule has 3 aromatic rings. The second kappa shape index (κ2) is 12.8. The zero-order valence-corrected chi connectivity index (χ0v) is 21.4. The maximum atomic E-state index is 13.4. The van der Waals surface area contributed by atoms with Crippen LogP contribution in [-0.4, -0.2) is 83.6 Å². The molecule has 4 heterocycles. The van der Waals surface area contributed by atoms with Crippen molar-refractivity contribution >= 4 is 17.0 Å². The molecule has 1 aliphatic heterocycles. The van der Waals surface area contributed by atoms with E-state index in [4.69, 9.17) is 14.2 Å². The molecule has 1 N–H and O–H groups in total. The lowest BCUT2D eigenvalue weighted by atomic mass is 10.1. The lowest BCUT2D eigenvalue weighted by Gasteiger charge is -2.17. The zero-order valence-electron chi connectivity index (χ0n) is 21.4. The number of ether oxygens (including phenoxy) is 3. The quantitative estimate of drug-likeness (QED) is 0.358. The van der Waals surface area contributed by atoms with Gasteiger partial charge < -0.3 is 19.5 Å². The highest BCUT2D eigenvalue weighted by molar-refractivity contribution is 5.78. The van der Waals surface area contributed by atoms with Gasteiger partial charge in [-0.25, -0.2) is 15.0 Å². The Bertz CT molecular complexity index is 1180. The highest BCUT2D eigenvalue weighted by Crippen LogP contribution is 2.23. The number of aromatic nitrogens is 4. The lowest BCUT2D eigenvalue weighted by molar-refractivity contribution is 0.0692. The molecule has 0 aromatic carbocycles. The van der Waals surface area contributed by atoms with Gasteiger partial charge in [0.25, 0.3) is 5.56 Å². The Hall–Kier alpha value is -3.08. The van der Waals surface area contributed by atoms with E-state index in [0.29, 0.717) is 55.3 Å². The summed E-state index contributed by atoms with van der Waals surface area (Å²) in [5.41, 5.74) is 2.72. The third-order valence-corrected chi connectivity index (χ3v) is 6.24. The minimum absolute atomic E-state index is 0.178. The van der Waals surface area contributed by atoms with Gasteiger partial charge in [0.05, 0.1) is 25.3 Å². The summed E-state index contributed by atoms with van der Waals surface area (Å²) in [6, 6.07) is 5.65. The maximum Gasteiger partial charge on any atom is 0.293 e. The molecule has 10 heteroatoms. The number of likely N-dealkylation sites (tertiary alicyclic amines) is 1. The first kappa shape index (κ1) is 26.0. The van der Waals surface area contributed by atoms with E-state index in [9.17, 15) is 4.79 Å². The van der Waals surface area contributed by atoms with Crippen LogP contribution in [0.4, 0.5) is 5.82 Å². The third-order valence-electron chi connectivity index (χ3n) is 6.24. The summed E-state index contributed by atoms with van der Waals surface area (Å²) in [6.07, 6.45) is 5.75. The van der Waals surface area contributed by atoms with Gasteiger partial charge in [0, 0.05) is 75.5 Å². The highest BCUT2D eigenvalue weighted by atomic mass is 16.5. The van der Waals surface area contributed by atoms with Crippen LogP contribution in [0.3, 0.4) is 0 Å². The largest absolute Gasteiger partial charge is 0.481 e. The van der Waals surface area contributed by atoms with Crippen molar-refractivity contribution in [3.63, 3.8) is 0 Å². The van der Waals surface area contributed by atoms with Crippen molar-refractivity contribution in [1.82, 2.24) is 24.4 Å². The summed E-state index contributed by atoms with van der Waals surface area (Å²) in [6.45, 7) is 9.70. The second-order valence-electron chi connectivity index (χ2n) is 8.78. The van der Waals surface area contributed by atoms with Crippen LogP contribution < -0.4 is 15.6 Å². The van der Waals surface area contributed by atoms with Crippen molar-refractivity contribution in [3.8, 4) is 17.0 Å². The summed E-state index contributed by atoms with van der Waals surface area (Å²) in [7, 11) is 1.58. The van der Waals surface area contributed by atoms with E-state index in [1.165, 1.54) is 0 Å². The first-order valence-electron chi connectivity index (χ1n) is 12.7. The first-order valence-corrected chi connectivity index (χ1v) is 12.7. The number of fused-ring (bicyclic) bond motifs is 1. The number of nitrogens with one attached hydrogen (secondary N) is 1. The molecule has 4 rings (SSSR count). The Morgan fingerprint density at radius 2 is 1.97 bits per heavy atom. The van der Waals surface area contributed by atoms with Crippen LogP contribution in [0, 0.1) is 0 Å². The summed E-state index contributed by atoms with van der Waals surface area (Å²) in [4.78, 5) is 29.2. The molecule has 3 aromatic heterocycles. The SMILES string of the molecule is CCCOCCn1c(=O)c(NCCN2CC[C@H](OCC)C2)nc2ncc(-c3ccc(OC)nc3)cc21. The van der Waals surface area contributed by atoms with E-state index in [1.807, 2.05) is 19.1 Å². The summed E-state index contributed by atoms with van der Waals surface area (Å²) in [5, 5.41) is 3.25. The van der Waals surface area contributed by atoms with Gasteiger partial charge in [-0.15, -0.1) is 0 Å². The van der Waals surface area contributed by atoms with E-state index in [2.05, 4.69) is 32.1 Å². The lowest BCUT2D eigenvalue weighted by Crippen LogP contribution is -2.32. The number of methoxy groups -OCH3 is 1. The minimum atomic E-state index is -0.178. The zero-order chi connectivity index (χ0) is 25.3. The van der Waals surface area contributed by atoms with Crippen molar-refractivity contribution in [1.29, 1.82) is 0 Å². The molecular formula is C26H36N6O4. The van der Waals surface area contributed by atoms with Crippen molar-refractivity contribution in [2.24, 2.45) is 0 Å². The molecule has 0 spiro atoms. The topological polar surface area (TPSA) is 104 Å². The molecule has 1 fully saturated rings. The van der Waals surface area contributed by atoms with Crippen LogP contribution in [0.25, 0.3) is 22.3 Å². The van der Waals surface area contributed by atoms with Crippen LogP contribution in [0.1, 0.15) is 26.7 Å². The molecule has 0 unspecified atom stereocenters. The Morgan fingerprint density at radius 1 is 1.11 bits per heavy atom. The number of hydrogen-bond donors (Lipinski definition) is 1. The average molecular weight is 497 g/mol. The van der Waals surface area contributed by atoms with Gasteiger partial charge in [-0.05, 0) is 31.9 Å². The molecule has 194 valence electrons. The molecule has 1 aliphatic rings. The smallest absolute Gasteiger partial charge is 0.293 e. The first-order chi connectivity index (χ1) is 17.6. The van der Waals surface area contributed by atoms with Crippen LogP contribution in [0.2, 0.25) is 0 Å². The van der Waals surface area contributed by atoms with Gasteiger partial charge in [-0.2, -0.15) is 0 Å². The van der Waals surface area contributed by atoms with Crippen LogP contribution in [0.15, 0.2) is 35.4 Å². The van der Waals surface area contributed by atoms with Crippen LogP contribution in [-0.2, 0) is 16.0 Å². The molecule has 1 saturated heterocycles. The highest BCUT2D eigenvalue weighted by Gasteiger charge is 2.22. The Labute approximate surface area is 211 Å². The third kappa shape index (κ3) is 6.37. The predicted molar refractivity (Wildman–Crippen MR) is 140 cm³/mol. The van der Waals surface area contributed by atoms with Gasteiger partial charge >= 0.3 is 0 Å². The average Bonchev–Trinajstić information content (AvgIpc) is 3.35. The number of rotatable bonds is 13. The fourth-order valence-corrected chi connectivity index (χ4v) is 4.40. The van der Waals surface area contributed by atoms with E-state index < -0.39 is 0 Å². The molecule has 0 bridgehead atoms. The van der Waals surface area contributed by atoms with Crippen LogP contribution >= 0.6 is 0 Å². The van der Waals surface area contributed by atoms with Crippen molar-refractivity contribution in [3.05, 3.63) is 40.9 Å². The minimum Gasteiger partial charge on any atom is -0.481 e. The molecule has 0 amide bonds. The molecule has 1 atom stereocenters. The number of nitrogens with zero attached hydrogens (tertiary/aromatic N) is 5. The van der Waals surface area contributed by atoms with Gasteiger partial charge in [-0.1, -0.05) is 6.92 Å². The maximum absolute atomic E-state index is 13.4. The van der Waals surface area contributed by atoms with Gasteiger partial charge in [0.15, 0.2) is 11.5 Å². The monoisotopic (exact) mass is 496 g/mol. The molecule has 36 heavy (non-hydrogen) atoms. The van der Waals surface area contributed by atoms with E-state index in [1.54, 1.807) is 30.1 Å². The van der Waals surface area contributed by atoms with Gasteiger partial charge in [-0.3, -0.25) is 14.3 Å². The molecule has 10 nitrogen and oxygen atoms in total. The second-order valence-corrected chi connectivity index (χ2v) is 8.78. The number of pyridine rings is 2. The summed E-state index contributed by atoms with van der Waals surface area (Å²) >= 11 is 0. The fourth-order valence-electron chi connectivity index (χ4n) is 4.40. The molecule has 0 radical (unpaired) electrons. The van der Waals surface area contributed by atoms with Gasteiger partial charge in [0.1, 0.15) is 0 Å². The molecular weight excluding hydrogens is 460 g/mol. The number of hydrogen-bond acceptors (Lipinski definition) is 9. The normalized spacial score (nSPS) is 16.0. The van der Waals surface area contributed by atoms with E-state index in [0.717, 1.165) is 50.2 Å². The summed E-state index contributed by atoms with van der Waals surface area (Å²) in [5.74, 6) is 0.849. The molecule has 0 aliphatic carbocycles. The Kier molecular flexibility index (Phi) is 9.21. The molecule has 0 saturated carbocycles.